The Morgan fingerprint density at radius 2 is 1.82 bits per heavy atom. The van der Waals surface area contributed by atoms with Gasteiger partial charge in [-0.2, -0.15) is 0 Å². The molecule has 1 aliphatic rings. The van der Waals surface area contributed by atoms with Crippen molar-refractivity contribution in [1.82, 2.24) is 19.8 Å². The van der Waals surface area contributed by atoms with Crippen LogP contribution in [0.25, 0.3) is 0 Å². The van der Waals surface area contributed by atoms with Gasteiger partial charge in [-0.05, 0) is 36.8 Å². The highest BCUT2D eigenvalue weighted by molar-refractivity contribution is 5.94. The zero-order valence-electron chi connectivity index (χ0n) is 12.8. The van der Waals surface area contributed by atoms with Crippen LogP contribution in [0.15, 0.2) is 42.9 Å². The third-order valence-corrected chi connectivity index (χ3v) is 3.97. The SMILES string of the molecule is Cc1ccc(C(=O)N2CCN(Cc3ccncc3)CC2)cn1. The minimum Gasteiger partial charge on any atom is -0.336 e. The van der Waals surface area contributed by atoms with Gasteiger partial charge in [-0.25, -0.2) is 0 Å². The second-order valence-electron chi connectivity index (χ2n) is 5.61. The van der Waals surface area contributed by atoms with E-state index in [1.54, 1.807) is 6.20 Å². The summed E-state index contributed by atoms with van der Waals surface area (Å²) in [5, 5.41) is 0. The maximum Gasteiger partial charge on any atom is 0.255 e. The van der Waals surface area contributed by atoms with Gasteiger partial charge >= 0.3 is 0 Å². The molecule has 1 saturated heterocycles. The molecule has 5 heteroatoms. The number of hydrogen-bond acceptors (Lipinski definition) is 4. The van der Waals surface area contributed by atoms with Crippen LogP contribution in [-0.4, -0.2) is 51.9 Å². The number of aryl methyl sites for hydroxylation is 1. The number of pyridine rings is 2. The normalized spacial score (nSPS) is 15.8. The smallest absolute Gasteiger partial charge is 0.255 e. The summed E-state index contributed by atoms with van der Waals surface area (Å²) < 4.78 is 0. The summed E-state index contributed by atoms with van der Waals surface area (Å²) >= 11 is 0. The van der Waals surface area contributed by atoms with E-state index in [9.17, 15) is 4.79 Å². The summed E-state index contributed by atoms with van der Waals surface area (Å²) in [7, 11) is 0. The number of carbonyl (C=O) groups excluding carboxylic acids is 1. The highest BCUT2D eigenvalue weighted by atomic mass is 16.2. The van der Waals surface area contributed by atoms with Crippen molar-refractivity contribution >= 4 is 5.91 Å². The molecule has 0 radical (unpaired) electrons. The Morgan fingerprint density at radius 3 is 2.45 bits per heavy atom. The van der Waals surface area contributed by atoms with Crippen LogP contribution in [0.1, 0.15) is 21.6 Å². The molecule has 0 atom stereocenters. The molecule has 0 spiro atoms. The van der Waals surface area contributed by atoms with Gasteiger partial charge in [0.15, 0.2) is 0 Å². The van der Waals surface area contributed by atoms with Gasteiger partial charge in [0.1, 0.15) is 0 Å². The Morgan fingerprint density at radius 1 is 1.09 bits per heavy atom. The predicted molar refractivity (Wildman–Crippen MR) is 84.4 cm³/mol. The first-order valence-electron chi connectivity index (χ1n) is 7.55. The molecule has 0 bridgehead atoms. The van der Waals surface area contributed by atoms with Crippen LogP contribution >= 0.6 is 0 Å². The summed E-state index contributed by atoms with van der Waals surface area (Å²) in [6.07, 6.45) is 5.31. The summed E-state index contributed by atoms with van der Waals surface area (Å²) in [6, 6.07) is 7.81. The van der Waals surface area contributed by atoms with Crippen molar-refractivity contribution in [2.45, 2.75) is 13.5 Å². The first kappa shape index (κ1) is 14.7. The van der Waals surface area contributed by atoms with E-state index in [4.69, 9.17) is 0 Å². The maximum absolute atomic E-state index is 12.4. The highest BCUT2D eigenvalue weighted by Gasteiger charge is 2.22. The Labute approximate surface area is 130 Å². The molecule has 3 rings (SSSR count). The molecule has 0 saturated carbocycles. The third-order valence-electron chi connectivity index (χ3n) is 3.97. The number of amides is 1. The van der Waals surface area contributed by atoms with Gasteiger partial charge in [0.2, 0.25) is 0 Å². The van der Waals surface area contributed by atoms with Crippen molar-refractivity contribution in [1.29, 1.82) is 0 Å². The molecule has 22 heavy (non-hydrogen) atoms. The van der Waals surface area contributed by atoms with E-state index in [0.717, 1.165) is 38.4 Å². The first-order chi connectivity index (χ1) is 10.7. The Hall–Kier alpha value is -2.27. The molecule has 114 valence electrons. The lowest BCUT2D eigenvalue weighted by atomic mass is 10.2. The molecule has 1 amide bonds. The molecule has 0 aromatic carbocycles. The molecule has 2 aromatic rings. The molecule has 0 unspecified atom stereocenters. The van der Waals surface area contributed by atoms with E-state index in [2.05, 4.69) is 14.9 Å². The number of piperazine rings is 1. The van der Waals surface area contributed by atoms with Crippen molar-refractivity contribution in [2.24, 2.45) is 0 Å². The standard InChI is InChI=1S/C17H20N4O/c1-14-2-3-16(12-19-14)17(22)21-10-8-20(9-11-21)13-15-4-6-18-7-5-15/h2-7,12H,8-11,13H2,1H3. The second-order valence-corrected chi connectivity index (χ2v) is 5.61. The van der Waals surface area contributed by atoms with Gasteiger partial charge in [-0.3, -0.25) is 19.7 Å². The third kappa shape index (κ3) is 3.49. The van der Waals surface area contributed by atoms with Crippen LogP contribution in [0.5, 0.6) is 0 Å². The molecular weight excluding hydrogens is 276 g/mol. The van der Waals surface area contributed by atoms with Gasteiger partial charge < -0.3 is 4.90 Å². The van der Waals surface area contributed by atoms with Gasteiger partial charge in [-0.1, -0.05) is 0 Å². The van der Waals surface area contributed by atoms with Crippen LogP contribution in [0.3, 0.4) is 0 Å². The lowest BCUT2D eigenvalue weighted by Crippen LogP contribution is -2.48. The number of nitrogens with zero attached hydrogens (tertiary/aromatic N) is 4. The molecule has 0 N–H and O–H groups in total. The molecule has 2 aromatic heterocycles. The van der Waals surface area contributed by atoms with Crippen LogP contribution in [0.4, 0.5) is 0 Å². The summed E-state index contributed by atoms with van der Waals surface area (Å²) in [5.74, 6) is 0.0797. The van der Waals surface area contributed by atoms with E-state index in [0.29, 0.717) is 5.56 Å². The first-order valence-corrected chi connectivity index (χ1v) is 7.55. The molecule has 1 aliphatic heterocycles. The topological polar surface area (TPSA) is 49.3 Å². The van der Waals surface area contributed by atoms with E-state index in [1.165, 1.54) is 5.56 Å². The lowest BCUT2D eigenvalue weighted by Gasteiger charge is -2.34. The Kier molecular flexibility index (Phi) is 4.44. The Bertz CT molecular complexity index is 619. The van der Waals surface area contributed by atoms with Gasteiger partial charge in [0.05, 0.1) is 5.56 Å². The number of carbonyl (C=O) groups is 1. The highest BCUT2D eigenvalue weighted by Crippen LogP contribution is 2.11. The number of hydrogen-bond donors (Lipinski definition) is 0. The van der Waals surface area contributed by atoms with Crippen LogP contribution in [0, 0.1) is 6.92 Å². The largest absolute Gasteiger partial charge is 0.336 e. The Balaban J connectivity index is 1.55. The zero-order valence-corrected chi connectivity index (χ0v) is 12.8. The number of aromatic nitrogens is 2. The van der Waals surface area contributed by atoms with E-state index >= 15 is 0 Å². The fourth-order valence-electron chi connectivity index (χ4n) is 2.63. The molecule has 0 aliphatic carbocycles. The van der Waals surface area contributed by atoms with Gasteiger partial charge in [-0.15, -0.1) is 0 Å². The minimum atomic E-state index is 0.0797. The monoisotopic (exact) mass is 296 g/mol. The van der Waals surface area contributed by atoms with Crippen molar-refractivity contribution in [3.05, 3.63) is 59.7 Å². The average molecular weight is 296 g/mol. The second kappa shape index (κ2) is 6.66. The van der Waals surface area contributed by atoms with Crippen molar-refractivity contribution in [3.63, 3.8) is 0 Å². The van der Waals surface area contributed by atoms with Crippen molar-refractivity contribution in [2.75, 3.05) is 26.2 Å². The predicted octanol–water partition coefficient (Wildman–Crippen LogP) is 1.74. The average Bonchev–Trinajstić information content (AvgIpc) is 2.57. The van der Waals surface area contributed by atoms with E-state index < -0.39 is 0 Å². The quantitative estimate of drug-likeness (QED) is 0.866. The number of rotatable bonds is 3. The summed E-state index contributed by atoms with van der Waals surface area (Å²) in [5.41, 5.74) is 2.87. The maximum atomic E-state index is 12.4. The van der Waals surface area contributed by atoms with Crippen LogP contribution in [0.2, 0.25) is 0 Å². The van der Waals surface area contributed by atoms with Gasteiger partial charge in [0.25, 0.3) is 5.91 Å². The fourth-order valence-corrected chi connectivity index (χ4v) is 2.63. The van der Waals surface area contributed by atoms with Crippen LogP contribution in [-0.2, 0) is 6.54 Å². The molecular formula is C17H20N4O. The molecule has 3 heterocycles. The fraction of sp³-hybridized carbons (Fsp3) is 0.353. The lowest BCUT2D eigenvalue weighted by molar-refractivity contribution is 0.0628. The van der Waals surface area contributed by atoms with Crippen molar-refractivity contribution < 1.29 is 4.79 Å². The van der Waals surface area contributed by atoms with Crippen molar-refractivity contribution in [3.8, 4) is 0 Å². The minimum absolute atomic E-state index is 0.0797. The summed E-state index contributed by atoms with van der Waals surface area (Å²) in [6.45, 7) is 6.15. The van der Waals surface area contributed by atoms with Crippen LogP contribution < -0.4 is 0 Å². The zero-order chi connectivity index (χ0) is 15.4. The van der Waals surface area contributed by atoms with Gasteiger partial charge in [0, 0.05) is 57.0 Å². The van der Waals surface area contributed by atoms with E-state index in [1.807, 2.05) is 48.5 Å². The molecule has 1 fully saturated rings. The molecule has 5 nitrogen and oxygen atoms in total. The van der Waals surface area contributed by atoms with E-state index in [-0.39, 0.29) is 5.91 Å². The summed E-state index contributed by atoms with van der Waals surface area (Å²) in [4.78, 5) is 25.0.